The van der Waals surface area contributed by atoms with Crippen LogP contribution >= 0.6 is 11.6 Å². The van der Waals surface area contributed by atoms with Crippen LogP contribution < -0.4 is 16.0 Å². The zero-order valence-electron chi connectivity index (χ0n) is 25.5. The monoisotopic (exact) mass is 664 g/mol. The Labute approximate surface area is 269 Å². The predicted octanol–water partition coefficient (Wildman–Crippen LogP) is 4.74. The highest BCUT2D eigenvalue weighted by molar-refractivity contribution is 7.89. The molecule has 0 aliphatic carbocycles. The first-order valence-electron chi connectivity index (χ1n) is 15.6. The van der Waals surface area contributed by atoms with E-state index in [1.807, 2.05) is 13.8 Å². The highest BCUT2D eigenvalue weighted by Gasteiger charge is 2.41. The van der Waals surface area contributed by atoms with E-state index in [0.717, 1.165) is 12.0 Å². The van der Waals surface area contributed by atoms with Crippen molar-refractivity contribution in [1.82, 2.24) is 14.9 Å². The minimum absolute atomic E-state index is 0.0884. The minimum Gasteiger partial charge on any atom is -0.465 e. The van der Waals surface area contributed by atoms with E-state index in [4.69, 9.17) is 16.3 Å². The lowest BCUT2D eigenvalue weighted by atomic mass is 9.74. The van der Waals surface area contributed by atoms with Crippen LogP contribution in [0.25, 0.3) is 0 Å². The summed E-state index contributed by atoms with van der Waals surface area (Å²) in [6, 6.07) is 9.95. The van der Waals surface area contributed by atoms with Gasteiger partial charge >= 0.3 is 6.09 Å². The van der Waals surface area contributed by atoms with E-state index >= 15 is 4.39 Å². The Bertz CT molecular complexity index is 1470. The maximum atomic E-state index is 15.3. The highest BCUT2D eigenvalue weighted by atomic mass is 35.5. The van der Waals surface area contributed by atoms with Crippen LogP contribution in [-0.4, -0.2) is 79.0 Å². The molecule has 246 valence electrons. The fraction of sp³-hybridized carbons (Fsp3) is 0.562. The zero-order chi connectivity index (χ0) is 32.3. The molecule has 3 aliphatic heterocycles. The first-order chi connectivity index (χ1) is 21.4. The molecule has 3 heterocycles. The third kappa shape index (κ3) is 8.15. The molecule has 0 spiro atoms. The molecule has 3 aliphatic rings. The van der Waals surface area contributed by atoms with Crippen molar-refractivity contribution < 1.29 is 32.2 Å². The Balaban J connectivity index is 1.41. The summed E-state index contributed by atoms with van der Waals surface area (Å²) in [5.74, 6) is -1.71. The molecule has 13 heteroatoms. The lowest BCUT2D eigenvalue weighted by molar-refractivity contribution is -0.120. The van der Waals surface area contributed by atoms with Gasteiger partial charge in [-0.3, -0.25) is 4.79 Å². The standard InChI is InChI=1S/C32H42ClFN4O6S/c1-19-15-22(16-20(2)44-19)29(21-8-10-23(33)11-9-21)30(37-32(40)41)31(39)36-28-7-3-6-27(34)26(28)13-12-25-17-35-24-5-4-14-45(42,43)38(25)18-24/h3,6-11,19-20,22,24-25,29-30,35,37H,4-5,12-18H2,1-2H3,(H,36,39)(H,40,41)/t19-,20+,22+,24-,25+,29+,30+/m1/s1. The Morgan fingerprint density at radius 2 is 1.87 bits per heavy atom. The SMILES string of the molecule is C[C@@H]1C[C@H]([C@H](c2ccc(Cl)cc2)[C@H](NC(=O)O)C(=O)Nc2cccc(F)c2CC[C@H]2CN[C@@H]3CCCS(=O)(=O)N2C3)C[C@H](C)O1. The van der Waals surface area contributed by atoms with Gasteiger partial charge in [-0.25, -0.2) is 17.6 Å². The molecule has 3 saturated heterocycles. The van der Waals surface area contributed by atoms with Gasteiger partial charge in [-0.05, 0) is 88.1 Å². The number of nitrogens with zero attached hydrogens (tertiary/aromatic N) is 1. The van der Waals surface area contributed by atoms with Crippen molar-refractivity contribution in [2.75, 3.05) is 24.2 Å². The number of nitrogens with one attached hydrogen (secondary N) is 3. The summed E-state index contributed by atoms with van der Waals surface area (Å²) in [6.07, 6.45) is 1.62. The topological polar surface area (TPSA) is 137 Å². The lowest BCUT2D eigenvalue weighted by Gasteiger charge is -2.40. The number of rotatable bonds is 9. The Hall–Kier alpha value is -2.77. The van der Waals surface area contributed by atoms with E-state index in [0.29, 0.717) is 43.8 Å². The molecule has 2 bridgehead atoms. The number of hydrogen-bond acceptors (Lipinski definition) is 6. The molecule has 0 saturated carbocycles. The predicted molar refractivity (Wildman–Crippen MR) is 171 cm³/mol. The van der Waals surface area contributed by atoms with Crippen molar-refractivity contribution in [1.29, 1.82) is 0 Å². The van der Waals surface area contributed by atoms with Crippen LogP contribution in [0.5, 0.6) is 0 Å². The molecule has 2 aromatic rings. The number of carboxylic acid groups (broad SMARTS) is 1. The smallest absolute Gasteiger partial charge is 0.405 e. The van der Waals surface area contributed by atoms with Crippen molar-refractivity contribution in [3.05, 3.63) is 64.4 Å². The highest BCUT2D eigenvalue weighted by Crippen LogP contribution is 2.39. The van der Waals surface area contributed by atoms with Gasteiger partial charge in [0.15, 0.2) is 0 Å². The Morgan fingerprint density at radius 3 is 2.56 bits per heavy atom. The van der Waals surface area contributed by atoms with Gasteiger partial charge in [0, 0.05) is 47.4 Å². The summed E-state index contributed by atoms with van der Waals surface area (Å²) in [5, 5.41) is 19.1. The first-order valence-corrected chi connectivity index (χ1v) is 17.6. The van der Waals surface area contributed by atoms with Crippen molar-refractivity contribution >= 4 is 39.3 Å². The van der Waals surface area contributed by atoms with Crippen LogP contribution in [0, 0.1) is 11.7 Å². The van der Waals surface area contributed by atoms with Crippen molar-refractivity contribution in [2.24, 2.45) is 5.92 Å². The second-order valence-electron chi connectivity index (χ2n) is 12.6. The molecule has 0 aromatic heterocycles. The minimum atomic E-state index is -3.42. The van der Waals surface area contributed by atoms with Crippen molar-refractivity contribution in [3.63, 3.8) is 0 Å². The summed E-state index contributed by atoms with van der Waals surface area (Å²) < 4.78 is 48.7. The number of carbonyl (C=O) groups excluding carboxylic acids is 1. The van der Waals surface area contributed by atoms with Gasteiger partial charge in [0.25, 0.3) is 0 Å². The fourth-order valence-electron chi connectivity index (χ4n) is 7.32. The van der Waals surface area contributed by atoms with Crippen LogP contribution in [0.15, 0.2) is 42.5 Å². The van der Waals surface area contributed by atoms with Crippen LogP contribution in [0.1, 0.15) is 63.0 Å². The molecule has 2 amide bonds. The number of carbonyl (C=O) groups is 2. The molecule has 1 unspecified atom stereocenters. The Kier molecular flexibility index (Phi) is 10.7. The molecule has 10 nitrogen and oxygen atoms in total. The van der Waals surface area contributed by atoms with Gasteiger partial charge in [0.05, 0.1) is 18.0 Å². The normalized spacial score (nSPS) is 29.2. The summed E-state index contributed by atoms with van der Waals surface area (Å²) >= 11 is 6.17. The van der Waals surface area contributed by atoms with Crippen LogP contribution in [0.2, 0.25) is 5.02 Å². The van der Waals surface area contributed by atoms with Gasteiger partial charge in [-0.1, -0.05) is 29.8 Å². The average molecular weight is 665 g/mol. The van der Waals surface area contributed by atoms with E-state index in [1.54, 1.807) is 34.6 Å². The molecule has 4 N–H and O–H groups in total. The largest absolute Gasteiger partial charge is 0.465 e. The summed E-state index contributed by atoms with van der Waals surface area (Å²) in [4.78, 5) is 26.1. The summed E-state index contributed by atoms with van der Waals surface area (Å²) in [5.41, 5.74) is 1.22. The zero-order valence-corrected chi connectivity index (χ0v) is 27.1. The molecule has 5 rings (SSSR count). The van der Waals surface area contributed by atoms with E-state index in [1.165, 1.54) is 12.1 Å². The van der Waals surface area contributed by atoms with Crippen LogP contribution in [0.3, 0.4) is 0 Å². The Morgan fingerprint density at radius 1 is 1.16 bits per heavy atom. The number of sulfonamides is 1. The third-order valence-electron chi connectivity index (χ3n) is 9.28. The molecular weight excluding hydrogens is 623 g/mol. The quantitative estimate of drug-likeness (QED) is 0.304. The van der Waals surface area contributed by atoms with Gasteiger partial charge in [0.1, 0.15) is 11.9 Å². The van der Waals surface area contributed by atoms with E-state index in [9.17, 15) is 23.1 Å². The van der Waals surface area contributed by atoms with Gasteiger partial charge in [0.2, 0.25) is 15.9 Å². The molecule has 45 heavy (non-hydrogen) atoms. The van der Waals surface area contributed by atoms with Crippen molar-refractivity contribution in [3.8, 4) is 0 Å². The van der Waals surface area contributed by atoms with E-state index < -0.39 is 39.8 Å². The number of ether oxygens (including phenoxy) is 1. The van der Waals surface area contributed by atoms with Gasteiger partial charge in [-0.15, -0.1) is 0 Å². The maximum Gasteiger partial charge on any atom is 0.405 e. The maximum absolute atomic E-state index is 15.3. The third-order valence-corrected chi connectivity index (χ3v) is 11.5. The van der Waals surface area contributed by atoms with Crippen LogP contribution in [-0.2, 0) is 26.0 Å². The molecule has 0 radical (unpaired) electrons. The molecular formula is C32H42ClFN4O6S. The molecule has 8 atom stereocenters. The van der Waals surface area contributed by atoms with Gasteiger partial charge < -0.3 is 25.8 Å². The summed E-state index contributed by atoms with van der Waals surface area (Å²) in [7, 11) is -3.42. The molecule has 2 aromatic carbocycles. The second kappa shape index (κ2) is 14.3. The number of fused-ring (bicyclic) bond motifs is 2. The number of hydrogen-bond donors (Lipinski definition) is 4. The number of piperazine rings is 1. The van der Waals surface area contributed by atoms with Gasteiger partial charge in [-0.2, -0.15) is 4.31 Å². The second-order valence-corrected chi connectivity index (χ2v) is 15.1. The first kappa shape index (κ1) is 33.6. The number of benzene rings is 2. The van der Waals surface area contributed by atoms with E-state index in [2.05, 4.69) is 16.0 Å². The van der Waals surface area contributed by atoms with Crippen LogP contribution in [0.4, 0.5) is 14.9 Å². The van der Waals surface area contributed by atoms with E-state index in [-0.39, 0.29) is 53.6 Å². The number of amides is 2. The fourth-order valence-corrected chi connectivity index (χ4v) is 9.25. The number of anilines is 1. The number of halogens is 2. The van der Waals surface area contributed by atoms with Crippen molar-refractivity contribution in [2.45, 2.75) is 88.6 Å². The molecule has 3 fully saturated rings. The average Bonchev–Trinajstić information content (AvgIpc) is 3.08. The summed E-state index contributed by atoms with van der Waals surface area (Å²) in [6.45, 7) is 4.78. The lowest BCUT2D eigenvalue weighted by Crippen LogP contribution is -2.57.